The van der Waals surface area contributed by atoms with Crippen LogP contribution in [0.4, 0.5) is 0 Å². The van der Waals surface area contributed by atoms with E-state index in [1.165, 1.54) is 6.07 Å². The number of benzene rings is 2. The molecule has 5 heteroatoms. The summed E-state index contributed by atoms with van der Waals surface area (Å²) in [4.78, 5) is 11.9. The maximum Gasteiger partial charge on any atom is 0.203 e. The normalized spacial score (nSPS) is 11.1. The first-order chi connectivity index (χ1) is 9.94. The van der Waals surface area contributed by atoms with Crippen LogP contribution in [0.5, 0.6) is 0 Å². The van der Waals surface area contributed by atoms with Gasteiger partial charge in [-0.15, -0.1) is 0 Å². The van der Waals surface area contributed by atoms with Gasteiger partial charge in [0.1, 0.15) is 0 Å². The molecular formula is C16H15NO3S. The van der Waals surface area contributed by atoms with Crippen LogP contribution in [0.2, 0.25) is 0 Å². The highest BCUT2D eigenvalue weighted by Gasteiger charge is 2.18. The second-order valence-electron chi connectivity index (χ2n) is 4.74. The fourth-order valence-corrected chi connectivity index (χ4v) is 3.38. The summed E-state index contributed by atoms with van der Waals surface area (Å²) in [7, 11) is -3.52. The van der Waals surface area contributed by atoms with Gasteiger partial charge in [0, 0.05) is 5.56 Å². The van der Waals surface area contributed by atoms with Crippen LogP contribution in [0.3, 0.4) is 0 Å². The molecule has 0 atom stereocenters. The Morgan fingerprint density at radius 2 is 1.71 bits per heavy atom. The van der Waals surface area contributed by atoms with Gasteiger partial charge in [0.25, 0.3) is 0 Å². The molecule has 0 aliphatic carbocycles. The Morgan fingerprint density at radius 1 is 1.10 bits per heavy atom. The number of aryl methyl sites for hydroxylation is 1. The molecule has 0 heterocycles. The van der Waals surface area contributed by atoms with Gasteiger partial charge >= 0.3 is 0 Å². The minimum atomic E-state index is -3.52. The molecule has 2 rings (SSSR count). The van der Waals surface area contributed by atoms with E-state index in [1.807, 2.05) is 6.92 Å². The van der Waals surface area contributed by atoms with E-state index in [2.05, 4.69) is 0 Å². The lowest BCUT2D eigenvalue weighted by atomic mass is 10.1. The highest BCUT2D eigenvalue weighted by atomic mass is 32.2. The molecule has 108 valence electrons. The zero-order chi connectivity index (χ0) is 15.5. The number of hydrogen-bond donors (Lipinski definition) is 1. The molecule has 1 N–H and O–H groups in total. The van der Waals surface area contributed by atoms with Crippen LogP contribution >= 0.6 is 0 Å². The number of carbonyl (C=O) groups is 1. The average Bonchev–Trinajstić information content (AvgIpc) is 2.47. The van der Waals surface area contributed by atoms with Crippen molar-refractivity contribution in [3.63, 3.8) is 0 Å². The van der Waals surface area contributed by atoms with Gasteiger partial charge in [-0.3, -0.25) is 4.79 Å². The van der Waals surface area contributed by atoms with Crippen molar-refractivity contribution in [3.8, 4) is 0 Å². The number of ketones is 1. The molecule has 0 unspecified atom stereocenters. The molecule has 2 aromatic rings. The SMILES string of the molecule is Cc1ccc(S(=O)(=O)Cc2ccccc2C(=O)C=N)cc1. The largest absolute Gasteiger partial charge is 0.305 e. The Labute approximate surface area is 123 Å². The van der Waals surface area contributed by atoms with Crippen molar-refractivity contribution in [1.29, 1.82) is 5.41 Å². The predicted molar refractivity (Wildman–Crippen MR) is 81.6 cm³/mol. The van der Waals surface area contributed by atoms with Gasteiger partial charge in [0.05, 0.1) is 16.9 Å². The van der Waals surface area contributed by atoms with Gasteiger partial charge in [0.2, 0.25) is 5.78 Å². The van der Waals surface area contributed by atoms with Crippen molar-refractivity contribution >= 4 is 21.8 Å². The summed E-state index contributed by atoms with van der Waals surface area (Å²) < 4.78 is 24.8. The van der Waals surface area contributed by atoms with E-state index in [0.717, 1.165) is 5.56 Å². The monoisotopic (exact) mass is 301 g/mol. The van der Waals surface area contributed by atoms with Crippen molar-refractivity contribution in [1.82, 2.24) is 0 Å². The van der Waals surface area contributed by atoms with Crippen LogP contribution in [0.25, 0.3) is 0 Å². The van der Waals surface area contributed by atoms with Crippen LogP contribution in [0, 0.1) is 12.3 Å². The molecule has 0 fully saturated rings. The van der Waals surface area contributed by atoms with Gasteiger partial charge in [-0.1, -0.05) is 42.0 Å². The lowest BCUT2D eigenvalue weighted by Gasteiger charge is -2.08. The number of carbonyl (C=O) groups excluding carboxylic acids is 1. The molecule has 0 spiro atoms. The molecular weight excluding hydrogens is 286 g/mol. The minimum absolute atomic E-state index is 0.227. The summed E-state index contributed by atoms with van der Waals surface area (Å²) in [5, 5.41) is 7.04. The molecule has 0 aliphatic rings. The Balaban J connectivity index is 2.39. The zero-order valence-electron chi connectivity index (χ0n) is 11.5. The van der Waals surface area contributed by atoms with Crippen molar-refractivity contribution < 1.29 is 13.2 Å². The molecule has 4 nitrogen and oxygen atoms in total. The highest BCUT2D eigenvalue weighted by Crippen LogP contribution is 2.19. The van der Waals surface area contributed by atoms with Crippen LogP contribution in [-0.4, -0.2) is 20.4 Å². The molecule has 0 aliphatic heterocycles. The maximum atomic E-state index is 12.4. The summed E-state index contributed by atoms with van der Waals surface area (Å²) in [5.41, 5.74) is 1.64. The smallest absolute Gasteiger partial charge is 0.203 e. The topological polar surface area (TPSA) is 75.1 Å². The number of Topliss-reactive ketones (excluding diaryl/α,β-unsaturated/α-hetero) is 1. The molecule has 0 saturated carbocycles. The Hall–Kier alpha value is -2.27. The third kappa shape index (κ3) is 3.44. The average molecular weight is 301 g/mol. The van der Waals surface area contributed by atoms with Crippen molar-refractivity contribution in [2.24, 2.45) is 0 Å². The number of rotatable bonds is 5. The van der Waals surface area contributed by atoms with E-state index in [-0.39, 0.29) is 16.2 Å². The Morgan fingerprint density at radius 3 is 2.33 bits per heavy atom. The van der Waals surface area contributed by atoms with Crippen molar-refractivity contribution in [3.05, 3.63) is 65.2 Å². The van der Waals surface area contributed by atoms with Gasteiger partial charge in [0.15, 0.2) is 9.84 Å². The second kappa shape index (κ2) is 6.01. The summed E-state index contributed by atoms with van der Waals surface area (Å²) in [6.07, 6.45) is 0.692. The molecule has 21 heavy (non-hydrogen) atoms. The first-order valence-corrected chi connectivity index (χ1v) is 8.01. The Kier molecular flexibility index (Phi) is 4.33. The first-order valence-electron chi connectivity index (χ1n) is 6.36. The first kappa shape index (κ1) is 15.1. The van der Waals surface area contributed by atoms with E-state index in [9.17, 15) is 13.2 Å². The molecule has 2 aromatic carbocycles. The van der Waals surface area contributed by atoms with Crippen molar-refractivity contribution in [2.75, 3.05) is 0 Å². The fraction of sp³-hybridized carbons (Fsp3) is 0.125. The number of nitrogens with one attached hydrogen (secondary N) is 1. The fourth-order valence-electron chi connectivity index (χ4n) is 2.00. The van der Waals surface area contributed by atoms with E-state index in [1.54, 1.807) is 42.5 Å². The third-order valence-electron chi connectivity index (χ3n) is 3.14. The number of sulfone groups is 1. The number of hydrogen-bond acceptors (Lipinski definition) is 4. The molecule has 0 radical (unpaired) electrons. The standard InChI is InChI=1S/C16H15NO3S/c1-12-6-8-14(9-7-12)21(19,20)11-13-4-2-3-5-15(13)16(18)10-17/h2-10,17H,11H2,1H3. The molecule has 0 bridgehead atoms. The van der Waals surface area contributed by atoms with E-state index >= 15 is 0 Å². The van der Waals surface area contributed by atoms with Gasteiger partial charge in [-0.05, 0) is 24.6 Å². The van der Waals surface area contributed by atoms with E-state index < -0.39 is 15.6 Å². The van der Waals surface area contributed by atoms with Gasteiger partial charge < -0.3 is 5.41 Å². The lowest BCUT2D eigenvalue weighted by Crippen LogP contribution is -2.10. The van der Waals surface area contributed by atoms with Crippen LogP contribution in [0.15, 0.2) is 53.4 Å². The Bertz CT molecular complexity index is 777. The quantitative estimate of drug-likeness (QED) is 0.681. The van der Waals surface area contributed by atoms with Crippen LogP contribution in [0.1, 0.15) is 21.5 Å². The van der Waals surface area contributed by atoms with Crippen molar-refractivity contribution in [2.45, 2.75) is 17.6 Å². The van der Waals surface area contributed by atoms with E-state index in [0.29, 0.717) is 11.8 Å². The maximum absolute atomic E-state index is 12.4. The molecule has 0 amide bonds. The zero-order valence-corrected chi connectivity index (χ0v) is 12.4. The minimum Gasteiger partial charge on any atom is -0.305 e. The summed E-state index contributed by atoms with van der Waals surface area (Å²) in [5.74, 6) is -0.754. The van der Waals surface area contributed by atoms with Gasteiger partial charge in [-0.25, -0.2) is 8.42 Å². The van der Waals surface area contributed by atoms with E-state index in [4.69, 9.17) is 5.41 Å². The predicted octanol–water partition coefficient (Wildman–Crippen LogP) is 2.80. The third-order valence-corrected chi connectivity index (χ3v) is 4.82. The van der Waals surface area contributed by atoms with Crippen LogP contribution < -0.4 is 0 Å². The van der Waals surface area contributed by atoms with Crippen LogP contribution in [-0.2, 0) is 15.6 Å². The molecule has 0 aromatic heterocycles. The second-order valence-corrected chi connectivity index (χ2v) is 6.73. The summed E-state index contributed by atoms with van der Waals surface area (Å²) >= 11 is 0. The van der Waals surface area contributed by atoms with Gasteiger partial charge in [-0.2, -0.15) is 0 Å². The highest BCUT2D eigenvalue weighted by molar-refractivity contribution is 7.90. The lowest BCUT2D eigenvalue weighted by molar-refractivity contribution is 0.106. The summed E-state index contributed by atoms with van der Waals surface area (Å²) in [6.45, 7) is 1.88. The summed E-state index contributed by atoms with van der Waals surface area (Å²) in [6, 6.07) is 13.1. The molecule has 0 saturated heterocycles.